The topological polar surface area (TPSA) is 13.1 Å². The molecule has 0 amide bonds. The largest absolute Gasteiger partial charge is 0.455 e. The molecule has 0 fully saturated rings. The van der Waals surface area contributed by atoms with E-state index >= 15 is 0 Å². The van der Waals surface area contributed by atoms with Gasteiger partial charge in [-0.3, -0.25) is 0 Å². The van der Waals surface area contributed by atoms with Crippen LogP contribution in [0, 0.1) is 0 Å². The molecule has 0 radical (unpaired) electrons. The summed E-state index contributed by atoms with van der Waals surface area (Å²) in [4.78, 5) is 0. The summed E-state index contributed by atoms with van der Waals surface area (Å²) < 4.78 is 6.90. The van der Waals surface area contributed by atoms with Crippen LogP contribution >= 0.6 is 0 Å². The second-order valence-electron chi connectivity index (χ2n) is 12.4. The number of fused-ring (bicyclic) bond motifs is 10. The molecule has 0 atom stereocenters. The zero-order chi connectivity index (χ0) is 30.9. The van der Waals surface area contributed by atoms with Gasteiger partial charge in [0.15, 0.2) is 0 Å². The van der Waals surface area contributed by atoms with Gasteiger partial charge in [0.05, 0.1) is 0 Å². The molecule has 0 saturated carbocycles. The maximum atomic E-state index is 6.90. The van der Waals surface area contributed by atoms with E-state index in [0.29, 0.717) is 0 Å². The van der Waals surface area contributed by atoms with E-state index in [9.17, 15) is 0 Å². The van der Waals surface area contributed by atoms with Crippen molar-refractivity contribution in [2.45, 2.75) is 0 Å². The highest BCUT2D eigenvalue weighted by molar-refractivity contribution is 6.31. The molecule has 0 bridgehead atoms. The smallest absolute Gasteiger partial charge is 0.143 e. The third-order valence-corrected chi connectivity index (χ3v) is 9.83. The zero-order valence-corrected chi connectivity index (χ0v) is 25.6. The van der Waals surface area contributed by atoms with Crippen molar-refractivity contribution in [2.24, 2.45) is 0 Å². The number of furan rings is 1. The Kier molecular flexibility index (Phi) is 5.64. The van der Waals surface area contributed by atoms with Crippen LogP contribution in [-0.2, 0) is 0 Å². The van der Waals surface area contributed by atoms with Crippen molar-refractivity contribution < 1.29 is 4.42 Å². The van der Waals surface area contributed by atoms with Crippen LogP contribution in [0.15, 0.2) is 174 Å². The van der Waals surface area contributed by atoms with Gasteiger partial charge in [-0.2, -0.15) is 0 Å². The van der Waals surface area contributed by atoms with Crippen molar-refractivity contribution in [3.8, 4) is 33.4 Å². The van der Waals surface area contributed by atoms with Gasteiger partial charge in [0.1, 0.15) is 11.2 Å². The molecule has 0 spiro atoms. The summed E-state index contributed by atoms with van der Waals surface area (Å²) >= 11 is 0. The van der Waals surface area contributed by atoms with E-state index in [1.165, 1.54) is 70.9 Å². The molecule has 47 heavy (non-hydrogen) atoms. The molecule has 10 aromatic rings. The van der Waals surface area contributed by atoms with E-state index in [1.807, 2.05) is 0 Å². The van der Waals surface area contributed by atoms with Crippen LogP contribution in [0.5, 0.6) is 0 Å². The quantitative estimate of drug-likeness (QED) is 0.146. The van der Waals surface area contributed by atoms with Crippen molar-refractivity contribution in [1.29, 1.82) is 0 Å². The molecule has 1 heterocycles. The average molecular weight is 597 g/mol. The van der Waals surface area contributed by atoms with E-state index < -0.39 is 0 Å². The van der Waals surface area contributed by atoms with Gasteiger partial charge in [0.2, 0.25) is 0 Å². The Morgan fingerprint density at radius 3 is 1.40 bits per heavy atom. The van der Waals surface area contributed by atoms with E-state index in [1.54, 1.807) is 0 Å². The first kappa shape index (κ1) is 26.1. The fourth-order valence-corrected chi connectivity index (χ4v) is 7.78. The van der Waals surface area contributed by atoms with Crippen LogP contribution in [0.1, 0.15) is 0 Å². The lowest BCUT2D eigenvalue weighted by Gasteiger charge is -2.17. The van der Waals surface area contributed by atoms with Crippen LogP contribution in [0.2, 0.25) is 0 Å². The van der Waals surface area contributed by atoms with Crippen LogP contribution in [0.3, 0.4) is 0 Å². The lowest BCUT2D eigenvalue weighted by molar-refractivity contribution is 0.673. The van der Waals surface area contributed by atoms with Gasteiger partial charge in [-0.05, 0) is 95.3 Å². The summed E-state index contributed by atoms with van der Waals surface area (Å²) in [5.74, 6) is 0. The normalized spacial score (nSPS) is 11.8. The molecule has 9 aromatic carbocycles. The third-order valence-electron chi connectivity index (χ3n) is 9.83. The van der Waals surface area contributed by atoms with Crippen LogP contribution in [0.4, 0.5) is 0 Å². The molecule has 218 valence electrons. The molecule has 1 nitrogen and oxygen atoms in total. The van der Waals surface area contributed by atoms with Gasteiger partial charge in [-0.25, -0.2) is 0 Å². The van der Waals surface area contributed by atoms with Gasteiger partial charge in [0.25, 0.3) is 0 Å². The molecule has 1 aromatic heterocycles. The van der Waals surface area contributed by atoms with E-state index in [2.05, 4.69) is 170 Å². The minimum Gasteiger partial charge on any atom is -0.455 e. The number of hydrogen-bond donors (Lipinski definition) is 0. The maximum absolute atomic E-state index is 6.90. The van der Waals surface area contributed by atoms with Gasteiger partial charge in [-0.1, -0.05) is 146 Å². The second kappa shape index (κ2) is 10.2. The third kappa shape index (κ3) is 3.90. The van der Waals surface area contributed by atoms with Gasteiger partial charge < -0.3 is 4.42 Å². The van der Waals surface area contributed by atoms with E-state index in [-0.39, 0.29) is 0 Å². The molecule has 0 unspecified atom stereocenters. The monoisotopic (exact) mass is 596 g/mol. The summed E-state index contributed by atoms with van der Waals surface area (Å²) in [7, 11) is 0. The molecule has 0 saturated heterocycles. The Labute approximate surface area is 271 Å². The molecular formula is C46H28O. The maximum Gasteiger partial charge on any atom is 0.143 e. The zero-order valence-electron chi connectivity index (χ0n) is 25.6. The average Bonchev–Trinajstić information content (AvgIpc) is 3.53. The first-order valence-corrected chi connectivity index (χ1v) is 16.2. The molecule has 1 heteroatoms. The Balaban J connectivity index is 1.27. The lowest BCUT2D eigenvalue weighted by Crippen LogP contribution is -1.90. The van der Waals surface area contributed by atoms with Crippen molar-refractivity contribution in [3.05, 3.63) is 170 Å². The van der Waals surface area contributed by atoms with Gasteiger partial charge in [-0.15, -0.1) is 0 Å². The van der Waals surface area contributed by atoms with Crippen molar-refractivity contribution in [1.82, 2.24) is 0 Å². The Hall–Kier alpha value is -6.18. The summed E-state index contributed by atoms with van der Waals surface area (Å²) in [6.07, 6.45) is 0. The fourth-order valence-electron chi connectivity index (χ4n) is 7.78. The highest BCUT2D eigenvalue weighted by atomic mass is 16.3. The standard InChI is InChI=1S/C46H28O/c1-3-13-29(14-4-1)31-23-25-39-41(27-31)33-17-7-8-18-34(33)45-40-26-24-32(28-42(40)47-46(39)45)44-37-21-11-9-19-35(37)43(30-15-5-2-6-16-30)36-20-10-12-22-38(36)44/h1-28H. The van der Waals surface area contributed by atoms with Crippen LogP contribution in [-0.4, -0.2) is 0 Å². The highest BCUT2D eigenvalue weighted by Gasteiger charge is 2.20. The van der Waals surface area contributed by atoms with Gasteiger partial charge >= 0.3 is 0 Å². The predicted molar refractivity (Wildman–Crippen MR) is 200 cm³/mol. The molecule has 0 aliphatic heterocycles. The summed E-state index contributed by atoms with van der Waals surface area (Å²) in [6, 6.07) is 61.3. The number of hydrogen-bond acceptors (Lipinski definition) is 1. The Bertz CT molecular complexity index is 2770. The molecular weight excluding hydrogens is 569 g/mol. The fraction of sp³-hybridized carbons (Fsp3) is 0. The summed E-state index contributed by atoms with van der Waals surface area (Å²) in [5, 5.41) is 12.1. The minimum atomic E-state index is 0.905. The Morgan fingerprint density at radius 2 is 0.766 bits per heavy atom. The van der Waals surface area contributed by atoms with E-state index in [4.69, 9.17) is 4.42 Å². The predicted octanol–water partition coefficient (Wildman–Crippen LogP) is 13.2. The molecule has 0 N–H and O–H groups in total. The summed E-state index contributed by atoms with van der Waals surface area (Å²) in [6.45, 7) is 0. The first-order valence-electron chi connectivity index (χ1n) is 16.2. The lowest BCUT2D eigenvalue weighted by atomic mass is 9.86. The second-order valence-corrected chi connectivity index (χ2v) is 12.4. The van der Waals surface area contributed by atoms with Crippen molar-refractivity contribution in [2.75, 3.05) is 0 Å². The minimum absolute atomic E-state index is 0.905. The highest BCUT2D eigenvalue weighted by Crippen LogP contribution is 2.46. The Morgan fingerprint density at radius 1 is 0.277 bits per heavy atom. The van der Waals surface area contributed by atoms with Crippen molar-refractivity contribution in [3.63, 3.8) is 0 Å². The summed E-state index contributed by atoms with van der Waals surface area (Å²) in [5.41, 5.74) is 9.17. The van der Waals surface area contributed by atoms with Crippen LogP contribution in [0.25, 0.3) is 98.4 Å². The molecule has 10 rings (SSSR count). The van der Waals surface area contributed by atoms with Crippen molar-refractivity contribution >= 4 is 65.0 Å². The molecule has 0 aliphatic carbocycles. The van der Waals surface area contributed by atoms with Crippen LogP contribution < -0.4 is 0 Å². The van der Waals surface area contributed by atoms with E-state index in [0.717, 1.165) is 27.5 Å². The number of benzene rings is 9. The molecule has 0 aliphatic rings. The number of rotatable bonds is 3. The SMILES string of the molecule is c1ccc(-c2ccc3c(c2)c2ccccc2c2c4ccc(-c5c6ccccc6c(-c6ccccc6)c6ccccc56)cc4oc32)cc1. The first-order chi connectivity index (χ1) is 23.3. The van der Waals surface area contributed by atoms with Gasteiger partial charge in [0, 0.05) is 16.2 Å².